The lowest BCUT2D eigenvalue weighted by atomic mass is 10.3. The van der Waals surface area contributed by atoms with E-state index in [1.807, 2.05) is 37.7 Å². The minimum Gasteiger partial charge on any atom is -0.491 e. The van der Waals surface area contributed by atoms with Gasteiger partial charge in [-0.05, 0) is 32.4 Å². The zero-order valence-electron chi connectivity index (χ0n) is 10.5. The standard InChI is InChI=1S/C13H21NOS/c1-5-10(4)16-13-7-11(14)6-12(8-13)15-9(2)3/h6-10H,5,14H2,1-4H3. The molecule has 1 atom stereocenters. The van der Waals surface area contributed by atoms with E-state index in [4.69, 9.17) is 10.5 Å². The van der Waals surface area contributed by atoms with E-state index in [2.05, 4.69) is 19.9 Å². The fourth-order valence-corrected chi connectivity index (χ4v) is 2.34. The van der Waals surface area contributed by atoms with Crippen LogP contribution < -0.4 is 10.5 Å². The molecule has 0 saturated carbocycles. The number of nitrogens with two attached hydrogens (primary N) is 1. The lowest BCUT2D eigenvalue weighted by molar-refractivity contribution is 0.242. The highest BCUT2D eigenvalue weighted by Crippen LogP contribution is 2.30. The molecule has 0 radical (unpaired) electrons. The molecule has 0 bridgehead atoms. The highest BCUT2D eigenvalue weighted by atomic mass is 32.2. The summed E-state index contributed by atoms with van der Waals surface area (Å²) in [6, 6.07) is 5.94. The normalized spacial score (nSPS) is 12.8. The first kappa shape index (κ1) is 13.2. The Bertz CT molecular complexity index is 339. The van der Waals surface area contributed by atoms with Crippen LogP contribution in [0.3, 0.4) is 0 Å². The van der Waals surface area contributed by atoms with Gasteiger partial charge < -0.3 is 10.5 Å². The van der Waals surface area contributed by atoms with Crippen LogP contribution >= 0.6 is 11.8 Å². The molecule has 0 aliphatic carbocycles. The van der Waals surface area contributed by atoms with E-state index in [9.17, 15) is 0 Å². The van der Waals surface area contributed by atoms with E-state index < -0.39 is 0 Å². The predicted molar refractivity (Wildman–Crippen MR) is 72.2 cm³/mol. The second-order valence-corrected chi connectivity index (χ2v) is 5.75. The van der Waals surface area contributed by atoms with Gasteiger partial charge in [-0.3, -0.25) is 0 Å². The number of anilines is 1. The van der Waals surface area contributed by atoms with E-state index in [0.29, 0.717) is 5.25 Å². The Hall–Kier alpha value is -0.830. The van der Waals surface area contributed by atoms with Crippen molar-refractivity contribution in [2.45, 2.75) is 50.4 Å². The Morgan fingerprint density at radius 3 is 2.50 bits per heavy atom. The molecule has 2 N–H and O–H groups in total. The van der Waals surface area contributed by atoms with Gasteiger partial charge in [0.1, 0.15) is 5.75 Å². The maximum atomic E-state index is 5.86. The fraction of sp³-hybridized carbons (Fsp3) is 0.538. The summed E-state index contributed by atoms with van der Waals surface area (Å²) in [5.74, 6) is 0.862. The fourth-order valence-electron chi connectivity index (χ4n) is 1.32. The van der Waals surface area contributed by atoms with Crippen LogP contribution in [0.25, 0.3) is 0 Å². The predicted octanol–water partition coefficient (Wildman–Crippen LogP) is 3.95. The number of benzene rings is 1. The molecule has 90 valence electrons. The van der Waals surface area contributed by atoms with Crippen molar-refractivity contribution < 1.29 is 4.74 Å². The molecule has 1 aromatic carbocycles. The molecule has 0 spiro atoms. The molecule has 0 fully saturated rings. The second-order valence-electron chi connectivity index (χ2n) is 4.24. The lowest BCUT2D eigenvalue weighted by Crippen LogP contribution is -2.06. The van der Waals surface area contributed by atoms with E-state index in [-0.39, 0.29) is 6.10 Å². The zero-order valence-corrected chi connectivity index (χ0v) is 11.3. The molecule has 2 nitrogen and oxygen atoms in total. The third-order valence-electron chi connectivity index (χ3n) is 2.19. The summed E-state index contributed by atoms with van der Waals surface area (Å²) in [6.07, 6.45) is 1.34. The van der Waals surface area contributed by atoms with Crippen LogP contribution in [-0.4, -0.2) is 11.4 Å². The van der Waals surface area contributed by atoms with Gasteiger partial charge in [0.05, 0.1) is 6.10 Å². The highest BCUT2D eigenvalue weighted by Gasteiger charge is 2.06. The average molecular weight is 239 g/mol. The van der Waals surface area contributed by atoms with Crippen LogP contribution in [0, 0.1) is 0 Å². The molecular formula is C13H21NOS. The SMILES string of the molecule is CCC(C)Sc1cc(N)cc(OC(C)C)c1. The number of hydrogen-bond acceptors (Lipinski definition) is 3. The number of hydrogen-bond donors (Lipinski definition) is 1. The quantitative estimate of drug-likeness (QED) is 0.624. The van der Waals surface area contributed by atoms with Gasteiger partial charge in [-0.1, -0.05) is 13.8 Å². The summed E-state index contributed by atoms with van der Waals surface area (Å²) < 4.78 is 5.66. The summed E-state index contributed by atoms with van der Waals surface area (Å²) in [7, 11) is 0. The summed E-state index contributed by atoms with van der Waals surface area (Å²) in [5, 5.41) is 0.605. The Morgan fingerprint density at radius 1 is 1.25 bits per heavy atom. The summed E-state index contributed by atoms with van der Waals surface area (Å²) in [4.78, 5) is 1.19. The van der Waals surface area contributed by atoms with Crippen molar-refractivity contribution in [2.75, 3.05) is 5.73 Å². The smallest absolute Gasteiger partial charge is 0.122 e. The van der Waals surface area contributed by atoms with Crippen LogP contribution in [0.1, 0.15) is 34.1 Å². The number of nitrogen functional groups attached to an aromatic ring is 1. The van der Waals surface area contributed by atoms with Gasteiger partial charge >= 0.3 is 0 Å². The Morgan fingerprint density at radius 2 is 1.94 bits per heavy atom. The van der Waals surface area contributed by atoms with Gasteiger partial charge in [0.2, 0.25) is 0 Å². The van der Waals surface area contributed by atoms with Crippen LogP contribution in [0.5, 0.6) is 5.75 Å². The van der Waals surface area contributed by atoms with Gasteiger partial charge in [0.25, 0.3) is 0 Å². The maximum Gasteiger partial charge on any atom is 0.122 e. The van der Waals surface area contributed by atoms with Gasteiger partial charge in [0, 0.05) is 21.9 Å². The zero-order chi connectivity index (χ0) is 12.1. The maximum absolute atomic E-state index is 5.86. The monoisotopic (exact) mass is 239 g/mol. The van der Waals surface area contributed by atoms with Crippen molar-refractivity contribution in [3.8, 4) is 5.75 Å². The second kappa shape index (κ2) is 6.04. The Balaban J connectivity index is 2.81. The summed E-state index contributed by atoms with van der Waals surface area (Å²) >= 11 is 1.84. The van der Waals surface area contributed by atoms with E-state index in [1.54, 1.807) is 0 Å². The van der Waals surface area contributed by atoms with Crippen LogP contribution in [0.2, 0.25) is 0 Å². The van der Waals surface area contributed by atoms with E-state index in [0.717, 1.165) is 17.9 Å². The van der Waals surface area contributed by atoms with Gasteiger partial charge in [-0.2, -0.15) is 0 Å². The molecule has 0 aliphatic rings. The van der Waals surface area contributed by atoms with Crippen molar-refractivity contribution in [2.24, 2.45) is 0 Å². The minimum absolute atomic E-state index is 0.184. The van der Waals surface area contributed by atoms with Crippen LogP contribution in [0.15, 0.2) is 23.1 Å². The first-order chi connectivity index (χ1) is 7.51. The molecule has 1 rings (SSSR count). The van der Waals surface area contributed by atoms with Gasteiger partial charge in [0.15, 0.2) is 0 Å². The molecule has 1 unspecified atom stereocenters. The van der Waals surface area contributed by atoms with Crippen molar-refractivity contribution >= 4 is 17.4 Å². The molecular weight excluding hydrogens is 218 g/mol. The number of ether oxygens (including phenoxy) is 1. The number of rotatable bonds is 5. The highest BCUT2D eigenvalue weighted by molar-refractivity contribution is 7.99. The van der Waals surface area contributed by atoms with Crippen molar-refractivity contribution in [3.63, 3.8) is 0 Å². The third-order valence-corrected chi connectivity index (χ3v) is 3.43. The molecule has 0 amide bonds. The lowest BCUT2D eigenvalue weighted by Gasteiger charge is -2.13. The van der Waals surface area contributed by atoms with E-state index >= 15 is 0 Å². The molecule has 0 saturated heterocycles. The molecule has 0 aliphatic heterocycles. The summed E-state index contributed by atoms with van der Waals surface area (Å²) in [5.41, 5.74) is 6.63. The van der Waals surface area contributed by atoms with Crippen LogP contribution in [0.4, 0.5) is 5.69 Å². The first-order valence-corrected chi connectivity index (χ1v) is 6.63. The Kier molecular flexibility index (Phi) is 5.00. The van der Waals surface area contributed by atoms with Crippen LogP contribution in [-0.2, 0) is 0 Å². The van der Waals surface area contributed by atoms with Crippen molar-refractivity contribution in [1.29, 1.82) is 0 Å². The molecule has 1 aromatic rings. The molecule has 16 heavy (non-hydrogen) atoms. The largest absolute Gasteiger partial charge is 0.491 e. The minimum atomic E-state index is 0.184. The van der Waals surface area contributed by atoms with E-state index in [1.165, 1.54) is 4.90 Å². The topological polar surface area (TPSA) is 35.2 Å². The number of thioether (sulfide) groups is 1. The molecule has 0 aromatic heterocycles. The first-order valence-electron chi connectivity index (χ1n) is 5.75. The molecule has 3 heteroatoms. The van der Waals surface area contributed by atoms with Gasteiger partial charge in [-0.15, -0.1) is 11.8 Å². The van der Waals surface area contributed by atoms with Crippen molar-refractivity contribution in [3.05, 3.63) is 18.2 Å². The van der Waals surface area contributed by atoms with Crippen molar-refractivity contribution in [1.82, 2.24) is 0 Å². The van der Waals surface area contributed by atoms with Gasteiger partial charge in [-0.25, -0.2) is 0 Å². The Labute approximate surface area is 103 Å². The third kappa shape index (κ3) is 4.35. The molecule has 0 heterocycles. The summed E-state index contributed by atoms with van der Waals surface area (Å²) in [6.45, 7) is 8.45. The average Bonchev–Trinajstić information content (AvgIpc) is 2.15.